The molecule has 1 aromatic heterocycles. The molecular weight excluding hydrogens is 429 g/mol. The van der Waals surface area contributed by atoms with Gasteiger partial charge in [0.2, 0.25) is 0 Å². The number of halogens is 1. The smallest absolute Gasteiger partial charge is 0.323 e. The van der Waals surface area contributed by atoms with Gasteiger partial charge in [0.25, 0.3) is 0 Å². The first kappa shape index (κ1) is 21.9. The van der Waals surface area contributed by atoms with Gasteiger partial charge in [-0.1, -0.05) is 12.1 Å². The number of pyridine rings is 1. The highest BCUT2D eigenvalue weighted by Crippen LogP contribution is 2.34. The fourth-order valence-electron chi connectivity index (χ4n) is 3.34. The number of nitrogens with zero attached hydrogens (tertiary/aromatic N) is 2. The second-order valence-electron chi connectivity index (χ2n) is 7.11. The van der Waals surface area contributed by atoms with Crippen LogP contribution in [0.5, 0.6) is 17.2 Å². The van der Waals surface area contributed by atoms with Crippen molar-refractivity contribution in [2.24, 2.45) is 0 Å². The molecule has 10 heteroatoms. The minimum Gasteiger partial charge on any atom is -0.495 e. The van der Waals surface area contributed by atoms with Crippen molar-refractivity contribution in [2.45, 2.75) is 13.5 Å². The third kappa shape index (κ3) is 4.79. The Labute approximate surface area is 189 Å². The number of rotatable bonds is 6. The lowest BCUT2D eigenvalue weighted by Crippen LogP contribution is -2.38. The molecule has 0 aliphatic carbocycles. The standard InChI is InChI=1S/C23H22FN5O4/c1-3-29-13-15-18(10-11-25-21(15)28-23(29)31)33-19-9-8-14(12-16(19)24)26-22(30)27-17-6-4-5-7-20(17)32-2/h4-12H,3,13H2,1-2H3,(H,25,28,31)(H2,26,27,30). The molecule has 1 aliphatic rings. The third-order valence-corrected chi connectivity index (χ3v) is 5.02. The second-order valence-corrected chi connectivity index (χ2v) is 7.11. The Balaban J connectivity index is 1.47. The summed E-state index contributed by atoms with van der Waals surface area (Å²) in [6.45, 7) is 2.66. The molecule has 3 aromatic rings. The van der Waals surface area contributed by atoms with E-state index < -0.39 is 11.8 Å². The molecule has 0 spiro atoms. The molecule has 4 amide bonds. The molecule has 0 saturated carbocycles. The van der Waals surface area contributed by atoms with E-state index in [2.05, 4.69) is 20.9 Å². The van der Waals surface area contributed by atoms with Crippen LogP contribution < -0.4 is 25.4 Å². The van der Waals surface area contributed by atoms with Crippen LogP contribution in [0.1, 0.15) is 12.5 Å². The van der Waals surface area contributed by atoms with Gasteiger partial charge in [-0.25, -0.2) is 19.0 Å². The van der Waals surface area contributed by atoms with Crippen LogP contribution in [0.3, 0.4) is 0 Å². The number of fused-ring (bicyclic) bond motifs is 1. The summed E-state index contributed by atoms with van der Waals surface area (Å²) in [5.74, 6) is 0.573. The number of carbonyl (C=O) groups is 2. The lowest BCUT2D eigenvalue weighted by Gasteiger charge is -2.28. The van der Waals surface area contributed by atoms with Crippen molar-refractivity contribution in [1.82, 2.24) is 9.88 Å². The lowest BCUT2D eigenvalue weighted by atomic mass is 10.2. The monoisotopic (exact) mass is 451 g/mol. The van der Waals surface area contributed by atoms with Crippen molar-refractivity contribution >= 4 is 29.3 Å². The topological polar surface area (TPSA) is 105 Å². The minimum absolute atomic E-state index is 0.0287. The molecule has 0 radical (unpaired) electrons. The van der Waals surface area contributed by atoms with Crippen LogP contribution in [-0.2, 0) is 6.54 Å². The summed E-state index contributed by atoms with van der Waals surface area (Å²) in [6, 6.07) is 11.8. The zero-order valence-corrected chi connectivity index (χ0v) is 18.0. The Hall–Kier alpha value is -4.34. The van der Waals surface area contributed by atoms with Crippen molar-refractivity contribution in [3.8, 4) is 17.2 Å². The lowest BCUT2D eigenvalue weighted by molar-refractivity contribution is 0.209. The van der Waals surface area contributed by atoms with Crippen molar-refractivity contribution in [3.05, 3.63) is 66.1 Å². The second kappa shape index (κ2) is 9.43. The normalized spacial score (nSPS) is 12.5. The number of anilines is 3. The number of carbonyl (C=O) groups excluding carboxylic acids is 2. The third-order valence-electron chi connectivity index (χ3n) is 5.02. The first-order valence-corrected chi connectivity index (χ1v) is 10.2. The highest BCUT2D eigenvalue weighted by molar-refractivity contribution is 6.00. The van der Waals surface area contributed by atoms with E-state index in [9.17, 15) is 14.0 Å². The van der Waals surface area contributed by atoms with Crippen LogP contribution >= 0.6 is 0 Å². The number of methoxy groups -OCH3 is 1. The number of urea groups is 2. The van der Waals surface area contributed by atoms with Crippen molar-refractivity contribution in [2.75, 3.05) is 29.6 Å². The number of nitrogens with one attached hydrogen (secondary N) is 3. The molecule has 1 aliphatic heterocycles. The summed E-state index contributed by atoms with van der Waals surface area (Å²) < 4.78 is 25.7. The van der Waals surface area contributed by atoms with E-state index in [1.165, 1.54) is 25.4 Å². The van der Waals surface area contributed by atoms with E-state index in [0.717, 1.165) is 6.07 Å². The Morgan fingerprint density at radius 2 is 1.97 bits per heavy atom. The Morgan fingerprint density at radius 3 is 2.73 bits per heavy atom. The van der Waals surface area contributed by atoms with Gasteiger partial charge in [-0.3, -0.25) is 5.32 Å². The van der Waals surface area contributed by atoms with E-state index in [1.54, 1.807) is 35.2 Å². The van der Waals surface area contributed by atoms with E-state index in [0.29, 0.717) is 41.7 Å². The van der Waals surface area contributed by atoms with E-state index >= 15 is 0 Å². The first-order chi connectivity index (χ1) is 16.0. The number of hydrogen-bond donors (Lipinski definition) is 3. The van der Waals surface area contributed by atoms with Gasteiger partial charge >= 0.3 is 12.1 Å². The number of hydrogen-bond acceptors (Lipinski definition) is 5. The molecule has 4 rings (SSSR count). The summed E-state index contributed by atoms with van der Waals surface area (Å²) in [6.07, 6.45) is 1.48. The zero-order chi connectivity index (χ0) is 23.4. The molecule has 2 aromatic carbocycles. The van der Waals surface area contributed by atoms with Gasteiger partial charge in [0, 0.05) is 24.5 Å². The van der Waals surface area contributed by atoms with Gasteiger partial charge in [0.15, 0.2) is 11.6 Å². The molecule has 3 N–H and O–H groups in total. The summed E-state index contributed by atoms with van der Waals surface area (Å²) in [5.41, 5.74) is 1.37. The molecular formula is C23H22FN5O4. The molecule has 0 bridgehead atoms. The maximum absolute atomic E-state index is 14.8. The molecule has 0 atom stereocenters. The van der Waals surface area contributed by atoms with Gasteiger partial charge in [0.05, 0.1) is 24.9 Å². The van der Waals surface area contributed by atoms with Gasteiger partial charge in [-0.2, -0.15) is 0 Å². The highest BCUT2D eigenvalue weighted by Gasteiger charge is 2.25. The Bertz CT molecular complexity index is 1200. The fourth-order valence-corrected chi connectivity index (χ4v) is 3.34. The number of para-hydroxylation sites is 2. The quantitative estimate of drug-likeness (QED) is 0.487. The first-order valence-electron chi connectivity index (χ1n) is 10.2. The van der Waals surface area contributed by atoms with Gasteiger partial charge in [-0.15, -0.1) is 0 Å². The van der Waals surface area contributed by atoms with E-state index in [-0.39, 0.29) is 17.5 Å². The molecule has 0 unspecified atom stereocenters. The van der Waals surface area contributed by atoms with Crippen molar-refractivity contribution in [3.63, 3.8) is 0 Å². The van der Waals surface area contributed by atoms with Crippen LogP contribution in [0.4, 0.5) is 31.2 Å². The molecule has 33 heavy (non-hydrogen) atoms. The fraction of sp³-hybridized carbons (Fsp3) is 0.174. The average Bonchev–Trinajstić information content (AvgIpc) is 2.80. The Kier molecular flexibility index (Phi) is 6.25. The SMILES string of the molecule is CCN1Cc2c(Oc3ccc(NC(=O)Nc4ccccc4OC)cc3F)ccnc2NC1=O. The van der Waals surface area contributed by atoms with E-state index in [1.807, 2.05) is 6.92 Å². The molecule has 0 saturated heterocycles. The molecule has 2 heterocycles. The minimum atomic E-state index is -0.664. The zero-order valence-electron chi connectivity index (χ0n) is 18.0. The number of aromatic nitrogens is 1. The summed E-state index contributed by atoms with van der Waals surface area (Å²) in [5, 5.41) is 7.93. The summed E-state index contributed by atoms with van der Waals surface area (Å²) in [7, 11) is 1.50. The Morgan fingerprint density at radius 1 is 1.15 bits per heavy atom. The van der Waals surface area contributed by atoms with Crippen molar-refractivity contribution in [1.29, 1.82) is 0 Å². The van der Waals surface area contributed by atoms with Crippen LogP contribution in [0.2, 0.25) is 0 Å². The molecule has 170 valence electrons. The highest BCUT2D eigenvalue weighted by atomic mass is 19.1. The van der Waals surface area contributed by atoms with Crippen LogP contribution in [0.25, 0.3) is 0 Å². The maximum Gasteiger partial charge on any atom is 0.323 e. The number of amides is 4. The number of benzene rings is 2. The molecule has 9 nitrogen and oxygen atoms in total. The number of ether oxygens (including phenoxy) is 2. The molecule has 0 fully saturated rings. The van der Waals surface area contributed by atoms with Crippen LogP contribution in [-0.4, -0.2) is 35.6 Å². The van der Waals surface area contributed by atoms with Crippen LogP contribution in [0, 0.1) is 5.82 Å². The van der Waals surface area contributed by atoms with Crippen LogP contribution in [0.15, 0.2) is 54.7 Å². The van der Waals surface area contributed by atoms with E-state index in [4.69, 9.17) is 9.47 Å². The summed E-state index contributed by atoms with van der Waals surface area (Å²) >= 11 is 0. The van der Waals surface area contributed by atoms with Crippen molar-refractivity contribution < 1.29 is 23.5 Å². The van der Waals surface area contributed by atoms with Gasteiger partial charge in [0.1, 0.15) is 17.3 Å². The largest absolute Gasteiger partial charge is 0.495 e. The predicted molar refractivity (Wildman–Crippen MR) is 121 cm³/mol. The van der Waals surface area contributed by atoms with Gasteiger partial charge < -0.3 is 25.0 Å². The average molecular weight is 451 g/mol. The van der Waals surface area contributed by atoms with Gasteiger partial charge in [-0.05, 0) is 37.3 Å². The maximum atomic E-state index is 14.8. The predicted octanol–water partition coefficient (Wildman–Crippen LogP) is 5.03. The summed E-state index contributed by atoms with van der Waals surface area (Å²) in [4.78, 5) is 30.1.